The molecule has 2 nitrogen and oxygen atoms in total. The summed E-state index contributed by atoms with van der Waals surface area (Å²) in [5.41, 5.74) is 5.35. The van der Waals surface area contributed by atoms with Gasteiger partial charge >= 0.3 is 0 Å². The Balaban J connectivity index is 3.06. The first kappa shape index (κ1) is 12.6. The van der Waals surface area contributed by atoms with E-state index in [4.69, 9.17) is 34.0 Å². The highest BCUT2D eigenvalue weighted by molar-refractivity contribution is 6.35. The van der Waals surface area contributed by atoms with E-state index in [0.717, 1.165) is 0 Å². The van der Waals surface area contributed by atoms with Crippen molar-refractivity contribution in [2.45, 2.75) is 12.0 Å². The van der Waals surface area contributed by atoms with Crippen molar-refractivity contribution in [1.82, 2.24) is 0 Å². The molecular weight excluding hydrogens is 247 g/mol. The summed E-state index contributed by atoms with van der Waals surface area (Å²) in [6, 6.07) is 2.41. The summed E-state index contributed by atoms with van der Waals surface area (Å²) >= 11 is 11.3. The van der Waals surface area contributed by atoms with E-state index < -0.39 is 18.6 Å². The number of aliphatic hydroxyl groups is 1. The molecule has 1 rings (SSSR count). The van der Waals surface area contributed by atoms with Crippen molar-refractivity contribution < 1.29 is 13.9 Å². The Hall–Kier alpha value is -0.420. The lowest BCUT2D eigenvalue weighted by atomic mass is 10.0. The molecule has 0 saturated carbocycles. The highest BCUT2D eigenvalue weighted by Crippen LogP contribution is 2.33. The molecule has 0 heterocycles. The molecule has 0 aliphatic heterocycles. The van der Waals surface area contributed by atoms with Gasteiger partial charge in [-0.15, -0.1) is 0 Å². The molecule has 15 heavy (non-hydrogen) atoms. The predicted octanol–water partition coefficient (Wildman–Crippen LogP) is 2.62. The van der Waals surface area contributed by atoms with Gasteiger partial charge in [0.25, 0.3) is 5.92 Å². The molecule has 0 spiro atoms. The average molecular weight is 256 g/mol. The Kier molecular flexibility index (Phi) is 3.89. The Morgan fingerprint density at radius 3 is 2.47 bits per heavy atom. The van der Waals surface area contributed by atoms with E-state index in [1.54, 1.807) is 0 Å². The largest absolute Gasteiger partial charge is 0.390 e. The molecule has 0 fully saturated rings. The number of benzene rings is 1. The molecule has 3 N–H and O–H groups in total. The van der Waals surface area contributed by atoms with E-state index in [-0.39, 0.29) is 10.6 Å². The summed E-state index contributed by atoms with van der Waals surface area (Å²) < 4.78 is 26.1. The Morgan fingerprint density at radius 2 is 2.00 bits per heavy atom. The molecule has 0 radical (unpaired) electrons. The number of rotatable bonds is 3. The first-order chi connectivity index (χ1) is 6.88. The number of hydrogen-bond acceptors (Lipinski definition) is 2. The zero-order chi connectivity index (χ0) is 11.6. The summed E-state index contributed by atoms with van der Waals surface area (Å²) in [6.07, 6.45) is 0. The van der Waals surface area contributed by atoms with Crippen LogP contribution in [0.2, 0.25) is 10.0 Å². The highest BCUT2D eigenvalue weighted by Gasteiger charge is 2.38. The van der Waals surface area contributed by atoms with E-state index in [2.05, 4.69) is 0 Å². The van der Waals surface area contributed by atoms with Crippen LogP contribution in [-0.2, 0) is 0 Å². The monoisotopic (exact) mass is 255 g/mol. The van der Waals surface area contributed by atoms with Crippen LogP contribution in [0.4, 0.5) is 8.78 Å². The van der Waals surface area contributed by atoms with Crippen molar-refractivity contribution in [2.24, 2.45) is 5.73 Å². The molecule has 84 valence electrons. The van der Waals surface area contributed by atoms with Crippen LogP contribution in [0.15, 0.2) is 18.2 Å². The van der Waals surface area contributed by atoms with Crippen molar-refractivity contribution in [2.75, 3.05) is 6.61 Å². The van der Waals surface area contributed by atoms with Gasteiger partial charge in [0.15, 0.2) is 0 Å². The molecule has 1 atom stereocenters. The molecule has 0 aromatic heterocycles. The van der Waals surface area contributed by atoms with E-state index in [1.807, 2.05) is 0 Å². The van der Waals surface area contributed by atoms with E-state index in [9.17, 15) is 8.78 Å². The number of alkyl halides is 2. The summed E-state index contributed by atoms with van der Waals surface area (Å²) in [4.78, 5) is 0. The highest BCUT2D eigenvalue weighted by atomic mass is 35.5. The van der Waals surface area contributed by atoms with Gasteiger partial charge in [-0.1, -0.05) is 29.3 Å². The van der Waals surface area contributed by atoms with Gasteiger partial charge in [-0.05, 0) is 17.7 Å². The molecule has 0 unspecified atom stereocenters. The van der Waals surface area contributed by atoms with Crippen LogP contribution >= 0.6 is 23.2 Å². The standard InChI is InChI=1S/C9H9Cl2F2NO/c10-5-1-2-6(7(11)3-5)8(14)9(12,13)4-15/h1-3,8,15H,4,14H2/t8-/m0/s1. The Morgan fingerprint density at radius 1 is 1.40 bits per heavy atom. The molecule has 6 heteroatoms. The van der Waals surface area contributed by atoms with Gasteiger partial charge < -0.3 is 10.8 Å². The van der Waals surface area contributed by atoms with E-state index >= 15 is 0 Å². The van der Waals surface area contributed by atoms with Crippen molar-refractivity contribution in [3.63, 3.8) is 0 Å². The molecule has 0 aliphatic rings. The fourth-order valence-corrected chi connectivity index (χ4v) is 1.61. The maximum atomic E-state index is 13.0. The minimum atomic E-state index is -3.41. The second kappa shape index (κ2) is 4.61. The van der Waals surface area contributed by atoms with Crippen LogP contribution in [0, 0.1) is 0 Å². The van der Waals surface area contributed by atoms with Crippen molar-refractivity contribution in [3.8, 4) is 0 Å². The number of nitrogens with two attached hydrogens (primary N) is 1. The van der Waals surface area contributed by atoms with Gasteiger partial charge in [-0.3, -0.25) is 0 Å². The number of hydrogen-bond donors (Lipinski definition) is 2. The lowest BCUT2D eigenvalue weighted by Crippen LogP contribution is -2.36. The minimum absolute atomic E-state index is 0.0557. The van der Waals surface area contributed by atoms with Gasteiger partial charge in [0.1, 0.15) is 6.61 Å². The lowest BCUT2D eigenvalue weighted by Gasteiger charge is -2.22. The SMILES string of the molecule is N[C@@H](c1ccc(Cl)cc1Cl)C(F)(F)CO. The molecular formula is C9H9Cl2F2NO. The quantitative estimate of drug-likeness (QED) is 0.873. The molecule has 1 aromatic rings. The fraction of sp³-hybridized carbons (Fsp3) is 0.333. The third kappa shape index (κ3) is 2.78. The zero-order valence-corrected chi connectivity index (χ0v) is 9.06. The Labute approximate surface area is 95.6 Å². The maximum absolute atomic E-state index is 13.0. The maximum Gasteiger partial charge on any atom is 0.289 e. The summed E-state index contributed by atoms with van der Waals surface area (Å²) in [5.74, 6) is -3.41. The third-order valence-electron chi connectivity index (χ3n) is 1.96. The first-order valence-corrected chi connectivity index (χ1v) is 4.83. The smallest absolute Gasteiger partial charge is 0.289 e. The van der Waals surface area contributed by atoms with Crippen LogP contribution in [0.3, 0.4) is 0 Å². The minimum Gasteiger partial charge on any atom is -0.390 e. The van der Waals surface area contributed by atoms with Crippen LogP contribution in [0.5, 0.6) is 0 Å². The van der Waals surface area contributed by atoms with Crippen LogP contribution < -0.4 is 5.73 Å². The second-order valence-electron chi connectivity index (χ2n) is 3.06. The van der Waals surface area contributed by atoms with E-state index in [1.165, 1.54) is 18.2 Å². The van der Waals surface area contributed by atoms with Crippen LogP contribution in [0.1, 0.15) is 11.6 Å². The summed E-state index contributed by atoms with van der Waals surface area (Å²) in [6.45, 7) is -1.33. The van der Waals surface area contributed by atoms with Crippen molar-refractivity contribution >= 4 is 23.2 Å². The van der Waals surface area contributed by atoms with Crippen LogP contribution in [-0.4, -0.2) is 17.6 Å². The normalized spacial score (nSPS) is 14.0. The third-order valence-corrected chi connectivity index (χ3v) is 2.53. The predicted molar refractivity (Wildman–Crippen MR) is 55.4 cm³/mol. The fourth-order valence-electron chi connectivity index (χ4n) is 1.08. The average Bonchev–Trinajstić information content (AvgIpc) is 2.17. The molecule has 1 aromatic carbocycles. The van der Waals surface area contributed by atoms with Gasteiger partial charge in [0, 0.05) is 10.0 Å². The zero-order valence-electron chi connectivity index (χ0n) is 7.55. The topological polar surface area (TPSA) is 46.2 Å². The van der Waals surface area contributed by atoms with Gasteiger partial charge in [0.05, 0.1) is 6.04 Å². The number of aliphatic hydroxyl groups excluding tert-OH is 1. The van der Waals surface area contributed by atoms with Crippen LogP contribution in [0.25, 0.3) is 0 Å². The van der Waals surface area contributed by atoms with Gasteiger partial charge in [-0.2, -0.15) is 0 Å². The molecule has 0 saturated heterocycles. The lowest BCUT2D eigenvalue weighted by molar-refractivity contribution is -0.0711. The van der Waals surface area contributed by atoms with Crippen molar-refractivity contribution in [1.29, 1.82) is 0 Å². The van der Waals surface area contributed by atoms with E-state index in [0.29, 0.717) is 5.02 Å². The second-order valence-corrected chi connectivity index (χ2v) is 3.91. The molecule has 0 amide bonds. The number of halogens is 4. The van der Waals surface area contributed by atoms with Gasteiger partial charge in [-0.25, -0.2) is 8.78 Å². The summed E-state index contributed by atoms with van der Waals surface area (Å²) in [5, 5.41) is 8.87. The molecule has 0 aliphatic carbocycles. The summed E-state index contributed by atoms with van der Waals surface area (Å²) in [7, 11) is 0. The van der Waals surface area contributed by atoms with Gasteiger partial charge in [0.2, 0.25) is 0 Å². The molecule has 0 bridgehead atoms. The first-order valence-electron chi connectivity index (χ1n) is 4.07. The Bertz CT molecular complexity index is 360. The van der Waals surface area contributed by atoms with Crippen molar-refractivity contribution in [3.05, 3.63) is 33.8 Å².